The lowest BCUT2D eigenvalue weighted by Gasteiger charge is -2.14. The fourth-order valence-corrected chi connectivity index (χ4v) is 3.64. The average molecular weight is 298 g/mol. The summed E-state index contributed by atoms with van der Waals surface area (Å²) in [4.78, 5) is 22.3. The number of amides is 2. The van der Waals surface area contributed by atoms with Crippen molar-refractivity contribution < 1.29 is 23.1 Å². The number of fused-ring (bicyclic) bond motifs is 1. The van der Waals surface area contributed by atoms with Crippen LogP contribution in [-0.4, -0.2) is 42.9 Å². The topological polar surface area (TPSA) is 104 Å². The van der Waals surface area contributed by atoms with Crippen LogP contribution in [0.1, 0.15) is 23.2 Å². The third-order valence-corrected chi connectivity index (χ3v) is 4.82. The zero-order valence-corrected chi connectivity index (χ0v) is 11.4. The van der Waals surface area contributed by atoms with Gasteiger partial charge in [0, 0.05) is 13.1 Å². The van der Waals surface area contributed by atoms with Gasteiger partial charge >= 0.3 is 6.09 Å². The molecule has 0 saturated carbocycles. The molecule has 1 aromatic rings. The lowest BCUT2D eigenvalue weighted by molar-refractivity contribution is 0.0869. The lowest BCUT2D eigenvalue weighted by Crippen LogP contribution is -2.31. The summed E-state index contributed by atoms with van der Waals surface area (Å²) < 4.78 is 25.2. The molecule has 2 amide bonds. The SMILES string of the molecule is O=C(O)NCCCCN1C(=O)c2ccccc2S1(=O)=O. The van der Waals surface area contributed by atoms with Crippen LogP contribution < -0.4 is 5.32 Å². The highest BCUT2D eigenvalue weighted by Crippen LogP contribution is 2.29. The summed E-state index contributed by atoms with van der Waals surface area (Å²) in [5.41, 5.74) is 0.191. The van der Waals surface area contributed by atoms with Gasteiger partial charge in [0.25, 0.3) is 15.9 Å². The van der Waals surface area contributed by atoms with Gasteiger partial charge in [-0.15, -0.1) is 0 Å². The minimum atomic E-state index is -3.75. The van der Waals surface area contributed by atoms with E-state index >= 15 is 0 Å². The molecule has 0 saturated heterocycles. The molecule has 0 radical (unpaired) electrons. The largest absolute Gasteiger partial charge is 0.465 e. The molecule has 2 rings (SSSR count). The van der Waals surface area contributed by atoms with Crippen LogP contribution in [0.25, 0.3) is 0 Å². The van der Waals surface area contributed by atoms with Gasteiger partial charge in [0.1, 0.15) is 4.90 Å². The number of rotatable bonds is 5. The van der Waals surface area contributed by atoms with Crippen LogP contribution in [0.2, 0.25) is 0 Å². The fraction of sp³-hybridized carbons (Fsp3) is 0.333. The van der Waals surface area contributed by atoms with Gasteiger partial charge in [0.2, 0.25) is 0 Å². The Balaban J connectivity index is 2.01. The molecule has 0 aliphatic carbocycles. The molecule has 8 heteroatoms. The molecule has 2 N–H and O–H groups in total. The van der Waals surface area contributed by atoms with Gasteiger partial charge in [-0.2, -0.15) is 0 Å². The quantitative estimate of drug-likeness (QED) is 0.785. The highest BCUT2D eigenvalue weighted by molar-refractivity contribution is 7.90. The van der Waals surface area contributed by atoms with Crippen molar-refractivity contribution >= 4 is 22.0 Å². The summed E-state index contributed by atoms with van der Waals surface area (Å²) in [6.45, 7) is 0.279. The van der Waals surface area contributed by atoms with E-state index in [2.05, 4.69) is 5.32 Å². The van der Waals surface area contributed by atoms with Crippen LogP contribution in [-0.2, 0) is 10.0 Å². The third kappa shape index (κ3) is 2.60. The highest BCUT2D eigenvalue weighted by Gasteiger charge is 2.40. The zero-order chi connectivity index (χ0) is 14.8. The third-order valence-electron chi connectivity index (χ3n) is 2.98. The molecule has 0 fully saturated rings. The van der Waals surface area contributed by atoms with E-state index in [-0.39, 0.29) is 23.5 Å². The predicted molar refractivity (Wildman–Crippen MR) is 69.9 cm³/mol. The number of benzene rings is 1. The first-order valence-electron chi connectivity index (χ1n) is 6.07. The Morgan fingerprint density at radius 2 is 1.95 bits per heavy atom. The number of sulfonamides is 1. The molecule has 0 aromatic heterocycles. The molecule has 1 aliphatic heterocycles. The van der Waals surface area contributed by atoms with Crippen molar-refractivity contribution in [1.82, 2.24) is 9.62 Å². The van der Waals surface area contributed by atoms with E-state index < -0.39 is 22.0 Å². The van der Waals surface area contributed by atoms with Gasteiger partial charge in [-0.3, -0.25) is 4.79 Å². The number of carbonyl (C=O) groups excluding carboxylic acids is 1. The fourth-order valence-electron chi connectivity index (χ4n) is 2.03. The molecular weight excluding hydrogens is 284 g/mol. The van der Waals surface area contributed by atoms with Crippen LogP contribution in [0.5, 0.6) is 0 Å². The van der Waals surface area contributed by atoms with Gasteiger partial charge in [-0.05, 0) is 25.0 Å². The predicted octanol–water partition coefficient (Wildman–Crippen LogP) is 0.879. The number of nitrogens with zero attached hydrogens (tertiary/aromatic N) is 1. The van der Waals surface area contributed by atoms with Crippen LogP contribution in [0.4, 0.5) is 4.79 Å². The Morgan fingerprint density at radius 1 is 1.25 bits per heavy atom. The molecule has 1 aromatic carbocycles. The van der Waals surface area contributed by atoms with Crippen molar-refractivity contribution in [3.05, 3.63) is 29.8 Å². The van der Waals surface area contributed by atoms with Crippen molar-refractivity contribution in [3.8, 4) is 0 Å². The summed E-state index contributed by atoms with van der Waals surface area (Å²) in [5.74, 6) is -0.521. The number of carboxylic acid groups (broad SMARTS) is 1. The molecule has 0 bridgehead atoms. The van der Waals surface area contributed by atoms with Crippen LogP contribution in [0.3, 0.4) is 0 Å². The summed E-state index contributed by atoms with van der Waals surface area (Å²) in [5, 5.41) is 10.6. The number of carbonyl (C=O) groups is 2. The van der Waals surface area contributed by atoms with Crippen molar-refractivity contribution in [1.29, 1.82) is 0 Å². The molecule has 1 aliphatic rings. The van der Waals surface area contributed by atoms with E-state index in [0.29, 0.717) is 12.8 Å². The minimum absolute atomic E-state index is 0.0358. The molecule has 0 unspecified atom stereocenters. The normalized spacial score (nSPS) is 16.0. The maximum absolute atomic E-state index is 12.2. The van der Waals surface area contributed by atoms with E-state index in [4.69, 9.17) is 5.11 Å². The van der Waals surface area contributed by atoms with E-state index in [9.17, 15) is 18.0 Å². The smallest absolute Gasteiger partial charge is 0.404 e. The van der Waals surface area contributed by atoms with Gasteiger partial charge < -0.3 is 10.4 Å². The molecule has 20 heavy (non-hydrogen) atoms. The van der Waals surface area contributed by atoms with Crippen molar-refractivity contribution in [2.24, 2.45) is 0 Å². The van der Waals surface area contributed by atoms with E-state index in [0.717, 1.165) is 4.31 Å². The molecule has 7 nitrogen and oxygen atoms in total. The molecule has 0 spiro atoms. The Bertz CT molecular complexity index is 641. The summed E-state index contributed by atoms with van der Waals surface area (Å²) in [6.07, 6.45) is -0.261. The highest BCUT2D eigenvalue weighted by atomic mass is 32.2. The lowest BCUT2D eigenvalue weighted by atomic mass is 10.2. The Hall–Kier alpha value is -2.09. The molecule has 1 heterocycles. The Kier molecular flexibility index (Phi) is 3.93. The van der Waals surface area contributed by atoms with Crippen molar-refractivity contribution in [2.75, 3.05) is 13.1 Å². The summed E-state index contributed by atoms with van der Waals surface area (Å²) >= 11 is 0. The first kappa shape index (κ1) is 14.3. The van der Waals surface area contributed by atoms with Crippen molar-refractivity contribution in [2.45, 2.75) is 17.7 Å². The Morgan fingerprint density at radius 3 is 2.60 bits per heavy atom. The molecule has 0 atom stereocenters. The van der Waals surface area contributed by atoms with Crippen LogP contribution >= 0.6 is 0 Å². The van der Waals surface area contributed by atoms with Gasteiger partial charge in [0.15, 0.2) is 0 Å². The van der Waals surface area contributed by atoms with Gasteiger partial charge in [0.05, 0.1) is 5.56 Å². The monoisotopic (exact) mass is 298 g/mol. The number of hydrogen-bond donors (Lipinski definition) is 2. The first-order chi connectivity index (χ1) is 9.44. The zero-order valence-electron chi connectivity index (χ0n) is 10.6. The number of hydrogen-bond acceptors (Lipinski definition) is 4. The van der Waals surface area contributed by atoms with Crippen molar-refractivity contribution in [3.63, 3.8) is 0 Å². The van der Waals surface area contributed by atoms with Crippen LogP contribution in [0.15, 0.2) is 29.2 Å². The number of unbranched alkanes of at least 4 members (excludes halogenated alkanes) is 1. The van der Waals surface area contributed by atoms with E-state index in [1.807, 2.05) is 0 Å². The van der Waals surface area contributed by atoms with E-state index in [1.165, 1.54) is 12.1 Å². The van der Waals surface area contributed by atoms with E-state index in [1.54, 1.807) is 12.1 Å². The van der Waals surface area contributed by atoms with Gasteiger partial charge in [-0.25, -0.2) is 17.5 Å². The number of nitrogens with one attached hydrogen (secondary N) is 1. The summed E-state index contributed by atoms with van der Waals surface area (Å²) in [7, 11) is -3.75. The molecular formula is C12H14N2O5S. The minimum Gasteiger partial charge on any atom is -0.465 e. The first-order valence-corrected chi connectivity index (χ1v) is 7.51. The van der Waals surface area contributed by atoms with Gasteiger partial charge in [-0.1, -0.05) is 12.1 Å². The molecule has 108 valence electrons. The second-order valence-corrected chi connectivity index (χ2v) is 6.15. The maximum Gasteiger partial charge on any atom is 0.404 e. The summed E-state index contributed by atoms with van der Waals surface area (Å²) in [6, 6.07) is 6.09. The average Bonchev–Trinajstić information content (AvgIpc) is 2.59. The standard InChI is InChI=1S/C12H14N2O5S/c15-11-9-5-1-2-6-10(9)20(18,19)14(11)8-4-3-7-13-12(16)17/h1-2,5-6,13H,3-4,7-8H2,(H,16,17). The Labute approximate surface area is 116 Å². The maximum atomic E-state index is 12.2. The second-order valence-electron chi connectivity index (χ2n) is 4.32. The van der Waals surface area contributed by atoms with Crippen LogP contribution in [0, 0.1) is 0 Å². The second kappa shape index (κ2) is 5.49.